The highest BCUT2D eigenvalue weighted by atomic mass is 16.5. The summed E-state index contributed by atoms with van der Waals surface area (Å²) < 4.78 is 10.5. The lowest BCUT2D eigenvalue weighted by Gasteiger charge is -2.17. The Bertz CT molecular complexity index is 585. The Morgan fingerprint density at radius 2 is 1.67 bits per heavy atom. The lowest BCUT2D eigenvalue weighted by atomic mass is 10.0. The Morgan fingerprint density at radius 3 is 2.29 bits per heavy atom. The minimum absolute atomic E-state index is 0.388. The van der Waals surface area contributed by atoms with Crippen LogP contribution in [0.2, 0.25) is 0 Å². The van der Waals surface area contributed by atoms with Crippen LogP contribution in [0.15, 0.2) is 42.5 Å². The predicted octanol–water partition coefficient (Wildman–Crippen LogP) is 3.50. The summed E-state index contributed by atoms with van der Waals surface area (Å²) in [5.74, 6) is 1.69. The second-order valence-electron chi connectivity index (χ2n) is 4.99. The molecule has 0 heterocycles. The number of rotatable bonds is 6. The van der Waals surface area contributed by atoms with E-state index in [4.69, 9.17) is 15.2 Å². The van der Waals surface area contributed by atoms with Crippen LogP contribution in [0.1, 0.15) is 18.4 Å². The van der Waals surface area contributed by atoms with Gasteiger partial charge in [-0.25, -0.2) is 0 Å². The average Bonchev–Trinajstić information content (AvgIpc) is 2.53. The molecule has 112 valence electrons. The third-order valence-corrected chi connectivity index (χ3v) is 3.52. The molecule has 1 atom stereocenters. The van der Waals surface area contributed by atoms with E-state index in [0.717, 1.165) is 12.2 Å². The summed E-state index contributed by atoms with van der Waals surface area (Å²) in [6.07, 6.45) is 0. The van der Waals surface area contributed by atoms with Crippen LogP contribution in [0, 0.1) is 0 Å². The summed E-state index contributed by atoms with van der Waals surface area (Å²) in [6, 6.07) is 14.0. The van der Waals surface area contributed by atoms with E-state index in [0.29, 0.717) is 23.1 Å². The van der Waals surface area contributed by atoms with Gasteiger partial charge >= 0.3 is 0 Å². The third-order valence-electron chi connectivity index (χ3n) is 3.52. The Morgan fingerprint density at radius 1 is 1.05 bits per heavy atom. The van der Waals surface area contributed by atoms with Crippen molar-refractivity contribution < 1.29 is 9.47 Å². The van der Waals surface area contributed by atoms with Crippen molar-refractivity contribution in [2.45, 2.75) is 12.8 Å². The molecule has 1 unspecified atom stereocenters. The van der Waals surface area contributed by atoms with Gasteiger partial charge in [-0.1, -0.05) is 37.3 Å². The van der Waals surface area contributed by atoms with Gasteiger partial charge in [-0.15, -0.1) is 0 Å². The first kappa shape index (κ1) is 15.0. The standard InChI is InChI=1S/C17H22N2O2/c1-12(13-7-5-4-6-8-13)11-19-15-10-17(21-3)16(20-2)9-14(15)18/h4-10,12,19H,11,18H2,1-3H3. The molecule has 0 bridgehead atoms. The lowest BCUT2D eigenvalue weighted by molar-refractivity contribution is 0.355. The van der Waals surface area contributed by atoms with Gasteiger partial charge in [0.05, 0.1) is 25.6 Å². The molecule has 0 amide bonds. The summed E-state index contributed by atoms with van der Waals surface area (Å²) in [5, 5.41) is 3.38. The molecule has 0 spiro atoms. The number of hydrogen-bond donors (Lipinski definition) is 2. The fraction of sp³-hybridized carbons (Fsp3) is 0.294. The number of nitrogen functional groups attached to an aromatic ring is 1. The van der Waals surface area contributed by atoms with Crippen molar-refractivity contribution in [2.75, 3.05) is 31.8 Å². The van der Waals surface area contributed by atoms with Gasteiger partial charge in [-0.3, -0.25) is 0 Å². The van der Waals surface area contributed by atoms with Crippen LogP contribution >= 0.6 is 0 Å². The first-order valence-corrected chi connectivity index (χ1v) is 6.96. The van der Waals surface area contributed by atoms with Crippen LogP contribution < -0.4 is 20.5 Å². The number of nitrogens with one attached hydrogen (secondary N) is 1. The molecule has 2 aromatic carbocycles. The van der Waals surface area contributed by atoms with Crippen molar-refractivity contribution in [1.29, 1.82) is 0 Å². The molecule has 0 fully saturated rings. The van der Waals surface area contributed by atoms with E-state index >= 15 is 0 Å². The summed E-state index contributed by atoms with van der Waals surface area (Å²) in [5.41, 5.74) is 8.85. The average molecular weight is 286 g/mol. The summed E-state index contributed by atoms with van der Waals surface area (Å²) in [6.45, 7) is 2.98. The van der Waals surface area contributed by atoms with E-state index in [9.17, 15) is 0 Å². The smallest absolute Gasteiger partial charge is 0.162 e. The molecule has 0 aliphatic heterocycles. The Hall–Kier alpha value is -2.36. The molecular formula is C17H22N2O2. The number of benzene rings is 2. The van der Waals surface area contributed by atoms with Gasteiger partial charge in [0.15, 0.2) is 11.5 Å². The maximum Gasteiger partial charge on any atom is 0.162 e. The van der Waals surface area contributed by atoms with Crippen LogP contribution in [-0.4, -0.2) is 20.8 Å². The highest BCUT2D eigenvalue weighted by Crippen LogP contribution is 2.35. The third kappa shape index (κ3) is 3.60. The molecule has 21 heavy (non-hydrogen) atoms. The van der Waals surface area contributed by atoms with Crippen LogP contribution in [-0.2, 0) is 0 Å². The summed E-state index contributed by atoms with van der Waals surface area (Å²) in [4.78, 5) is 0. The fourth-order valence-corrected chi connectivity index (χ4v) is 2.21. The molecule has 4 heteroatoms. The first-order valence-electron chi connectivity index (χ1n) is 6.96. The number of ether oxygens (including phenoxy) is 2. The Labute approximate surface area is 125 Å². The number of anilines is 2. The molecule has 0 saturated heterocycles. The molecule has 0 aliphatic rings. The van der Waals surface area contributed by atoms with Crippen molar-refractivity contribution in [3.63, 3.8) is 0 Å². The van der Waals surface area contributed by atoms with E-state index in [1.165, 1.54) is 5.56 Å². The first-order chi connectivity index (χ1) is 10.2. The fourth-order valence-electron chi connectivity index (χ4n) is 2.21. The minimum atomic E-state index is 0.388. The van der Waals surface area contributed by atoms with Crippen molar-refractivity contribution in [2.24, 2.45) is 0 Å². The van der Waals surface area contributed by atoms with Gasteiger partial charge < -0.3 is 20.5 Å². The van der Waals surface area contributed by atoms with Crippen molar-refractivity contribution in [1.82, 2.24) is 0 Å². The number of methoxy groups -OCH3 is 2. The Kier molecular flexibility index (Phi) is 4.93. The van der Waals surface area contributed by atoms with Crippen molar-refractivity contribution in [3.8, 4) is 11.5 Å². The molecule has 0 aliphatic carbocycles. The summed E-state index contributed by atoms with van der Waals surface area (Å²) >= 11 is 0. The second kappa shape index (κ2) is 6.88. The van der Waals surface area contributed by atoms with Crippen LogP contribution in [0.3, 0.4) is 0 Å². The molecule has 2 rings (SSSR count). The zero-order valence-electron chi connectivity index (χ0n) is 12.7. The summed E-state index contributed by atoms with van der Waals surface area (Å²) in [7, 11) is 3.21. The van der Waals surface area contributed by atoms with Gasteiger partial charge in [-0.05, 0) is 11.5 Å². The maximum absolute atomic E-state index is 6.05. The molecule has 2 aromatic rings. The van der Waals surface area contributed by atoms with Gasteiger partial charge in [0, 0.05) is 18.7 Å². The second-order valence-corrected chi connectivity index (χ2v) is 4.99. The van der Waals surface area contributed by atoms with Gasteiger partial charge in [0.1, 0.15) is 0 Å². The molecule has 0 aromatic heterocycles. The molecular weight excluding hydrogens is 264 g/mol. The van der Waals surface area contributed by atoms with Gasteiger partial charge in [0.2, 0.25) is 0 Å². The zero-order valence-corrected chi connectivity index (χ0v) is 12.7. The minimum Gasteiger partial charge on any atom is -0.493 e. The monoisotopic (exact) mass is 286 g/mol. The predicted molar refractivity (Wildman–Crippen MR) is 87.3 cm³/mol. The van der Waals surface area contributed by atoms with Crippen molar-refractivity contribution >= 4 is 11.4 Å². The zero-order chi connectivity index (χ0) is 15.2. The normalized spacial score (nSPS) is 11.8. The highest BCUT2D eigenvalue weighted by molar-refractivity contribution is 5.72. The van der Waals surface area contributed by atoms with E-state index in [1.54, 1.807) is 20.3 Å². The molecule has 3 N–H and O–H groups in total. The van der Waals surface area contributed by atoms with Crippen LogP contribution in [0.25, 0.3) is 0 Å². The van der Waals surface area contributed by atoms with Crippen LogP contribution in [0.4, 0.5) is 11.4 Å². The van der Waals surface area contributed by atoms with E-state index in [-0.39, 0.29) is 0 Å². The highest BCUT2D eigenvalue weighted by Gasteiger charge is 2.10. The number of hydrogen-bond acceptors (Lipinski definition) is 4. The quantitative estimate of drug-likeness (QED) is 0.798. The topological polar surface area (TPSA) is 56.5 Å². The van der Waals surface area contributed by atoms with Crippen LogP contribution in [0.5, 0.6) is 11.5 Å². The molecule has 0 radical (unpaired) electrons. The maximum atomic E-state index is 6.05. The SMILES string of the molecule is COc1cc(N)c(NCC(C)c2ccccc2)cc1OC. The van der Waals surface area contributed by atoms with E-state index in [1.807, 2.05) is 12.1 Å². The van der Waals surface area contributed by atoms with Gasteiger partial charge in [0.25, 0.3) is 0 Å². The van der Waals surface area contributed by atoms with E-state index < -0.39 is 0 Å². The van der Waals surface area contributed by atoms with E-state index in [2.05, 4.69) is 36.5 Å². The largest absolute Gasteiger partial charge is 0.493 e. The molecule has 0 saturated carbocycles. The van der Waals surface area contributed by atoms with Crippen molar-refractivity contribution in [3.05, 3.63) is 48.0 Å². The lowest BCUT2D eigenvalue weighted by Crippen LogP contribution is -2.11. The molecule has 4 nitrogen and oxygen atoms in total. The number of nitrogens with two attached hydrogens (primary N) is 1. The van der Waals surface area contributed by atoms with Gasteiger partial charge in [-0.2, -0.15) is 0 Å². The Balaban J connectivity index is 2.09.